The molecule has 0 atom stereocenters. The molecule has 0 spiro atoms. The van der Waals surface area contributed by atoms with Gasteiger partial charge in [-0.2, -0.15) is 0 Å². The zero-order chi connectivity index (χ0) is 15.3. The average Bonchev–Trinajstić information content (AvgIpc) is 2.54. The molecule has 0 aromatic heterocycles. The van der Waals surface area contributed by atoms with Gasteiger partial charge in [-0.05, 0) is 25.0 Å². The smallest absolute Gasteiger partial charge is 0.255 e. The Hall–Kier alpha value is -1.23. The Balaban J connectivity index is 2.23. The van der Waals surface area contributed by atoms with Gasteiger partial charge in [0.1, 0.15) is 0 Å². The Kier molecular flexibility index (Phi) is 5.51. The van der Waals surface area contributed by atoms with Gasteiger partial charge in [-0.25, -0.2) is 0 Å². The highest BCUT2D eigenvalue weighted by Gasteiger charge is 2.33. The van der Waals surface area contributed by atoms with Gasteiger partial charge >= 0.3 is 0 Å². The first-order valence-corrected chi connectivity index (χ1v) is 8.37. The highest BCUT2D eigenvalue weighted by molar-refractivity contribution is 9.09. The van der Waals surface area contributed by atoms with Gasteiger partial charge in [0, 0.05) is 5.33 Å². The Bertz CT molecular complexity index is 498. The minimum absolute atomic E-state index is 0.105. The van der Waals surface area contributed by atoms with E-state index in [2.05, 4.69) is 21.2 Å². The molecule has 0 saturated heterocycles. The molecule has 1 aliphatic carbocycles. The third-order valence-electron chi connectivity index (χ3n) is 4.09. The molecule has 1 aromatic rings. The molecule has 21 heavy (non-hydrogen) atoms. The van der Waals surface area contributed by atoms with Crippen LogP contribution in [0.2, 0.25) is 0 Å². The molecule has 1 fully saturated rings. The molecule has 0 unspecified atom stereocenters. The summed E-state index contributed by atoms with van der Waals surface area (Å²) in [5.74, 6) is 0.951. The summed E-state index contributed by atoms with van der Waals surface area (Å²) in [6.07, 6.45) is 5.57. The number of halogens is 1. The lowest BCUT2D eigenvalue weighted by molar-refractivity contribution is 0.0882. The van der Waals surface area contributed by atoms with E-state index in [0.717, 1.165) is 31.0 Å². The summed E-state index contributed by atoms with van der Waals surface area (Å²) in [6, 6.07) is 5.36. The summed E-state index contributed by atoms with van der Waals surface area (Å²) < 4.78 is 10.6. The van der Waals surface area contributed by atoms with Gasteiger partial charge in [-0.15, -0.1) is 0 Å². The quantitative estimate of drug-likeness (QED) is 0.821. The number of hydrogen-bond donors (Lipinski definition) is 1. The molecular weight excluding hydrogens is 334 g/mol. The number of carbonyl (C=O) groups is 1. The van der Waals surface area contributed by atoms with E-state index in [1.807, 2.05) is 0 Å². The fraction of sp³-hybridized carbons (Fsp3) is 0.562. The molecule has 2 rings (SSSR count). The number of carbonyl (C=O) groups excluding carboxylic acids is 1. The number of methoxy groups -OCH3 is 2. The monoisotopic (exact) mass is 355 g/mol. The predicted molar refractivity (Wildman–Crippen MR) is 86.6 cm³/mol. The lowest BCUT2D eigenvalue weighted by atomic mass is 9.83. The highest BCUT2D eigenvalue weighted by atomic mass is 79.9. The SMILES string of the molecule is COc1cccc(C(=O)NC2(CBr)CCCCC2)c1OC. The van der Waals surface area contributed by atoms with Crippen LogP contribution in [0.4, 0.5) is 0 Å². The number of para-hydroxylation sites is 1. The molecule has 5 heteroatoms. The van der Waals surface area contributed by atoms with Crippen LogP contribution in [0.25, 0.3) is 0 Å². The van der Waals surface area contributed by atoms with Crippen molar-refractivity contribution in [3.05, 3.63) is 23.8 Å². The molecule has 1 N–H and O–H groups in total. The minimum Gasteiger partial charge on any atom is -0.493 e. The first kappa shape index (κ1) is 16.1. The van der Waals surface area contributed by atoms with E-state index < -0.39 is 0 Å². The third-order valence-corrected chi connectivity index (χ3v) is 5.17. The van der Waals surface area contributed by atoms with Gasteiger partial charge in [0.05, 0.1) is 25.3 Å². The summed E-state index contributed by atoms with van der Waals surface area (Å²) >= 11 is 3.56. The summed E-state index contributed by atoms with van der Waals surface area (Å²) in [6.45, 7) is 0. The Labute approximate surface area is 134 Å². The second kappa shape index (κ2) is 7.16. The summed E-state index contributed by atoms with van der Waals surface area (Å²) in [4.78, 5) is 12.7. The topological polar surface area (TPSA) is 47.6 Å². The molecule has 4 nitrogen and oxygen atoms in total. The number of benzene rings is 1. The van der Waals surface area contributed by atoms with Crippen LogP contribution < -0.4 is 14.8 Å². The minimum atomic E-state index is -0.149. The zero-order valence-corrected chi connectivity index (χ0v) is 14.2. The van der Waals surface area contributed by atoms with Gasteiger partial charge in [-0.3, -0.25) is 4.79 Å². The molecule has 0 radical (unpaired) electrons. The Morgan fingerprint density at radius 2 is 1.95 bits per heavy atom. The van der Waals surface area contributed by atoms with E-state index in [9.17, 15) is 4.79 Å². The number of nitrogens with one attached hydrogen (secondary N) is 1. The average molecular weight is 356 g/mol. The second-order valence-corrected chi connectivity index (χ2v) is 6.03. The van der Waals surface area contributed by atoms with Gasteiger partial charge in [0.2, 0.25) is 0 Å². The van der Waals surface area contributed by atoms with Crippen molar-refractivity contribution in [3.63, 3.8) is 0 Å². The number of alkyl halides is 1. The van der Waals surface area contributed by atoms with Crippen molar-refractivity contribution >= 4 is 21.8 Å². The second-order valence-electron chi connectivity index (χ2n) is 5.47. The maximum absolute atomic E-state index is 12.7. The summed E-state index contributed by atoms with van der Waals surface area (Å²) in [5, 5.41) is 3.98. The molecule has 0 aliphatic heterocycles. The summed E-state index contributed by atoms with van der Waals surface area (Å²) in [7, 11) is 3.12. The van der Waals surface area contributed by atoms with Crippen LogP contribution in [0.3, 0.4) is 0 Å². The van der Waals surface area contributed by atoms with E-state index in [4.69, 9.17) is 9.47 Å². The molecule has 116 valence electrons. The van der Waals surface area contributed by atoms with Crippen molar-refractivity contribution < 1.29 is 14.3 Å². The van der Waals surface area contributed by atoms with Crippen molar-refractivity contribution in [2.24, 2.45) is 0 Å². The van der Waals surface area contributed by atoms with Crippen LogP contribution in [0.1, 0.15) is 42.5 Å². The fourth-order valence-corrected chi connectivity index (χ4v) is 3.60. The molecule has 1 amide bonds. The largest absolute Gasteiger partial charge is 0.493 e. The standard InChI is InChI=1S/C16H22BrNO3/c1-20-13-8-6-7-12(14(13)21-2)15(19)18-16(11-17)9-4-3-5-10-16/h6-8H,3-5,9-11H2,1-2H3,(H,18,19). The number of hydrogen-bond acceptors (Lipinski definition) is 3. The van der Waals surface area contributed by atoms with Gasteiger partial charge in [0.15, 0.2) is 11.5 Å². The van der Waals surface area contributed by atoms with Crippen LogP contribution in [0, 0.1) is 0 Å². The van der Waals surface area contributed by atoms with E-state index >= 15 is 0 Å². The molecule has 0 heterocycles. The number of ether oxygens (including phenoxy) is 2. The fourth-order valence-electron chi connectivity index (χ4n) is 2.89. The zero-order valence-electron chi connectivity index (χ0n) is 12.6. The first-order chi connectivity index (χ1) is 10.2. The lowest BCUT2D eigenvalue weighted by Gasteiger charge is -2.36. The van der Waals surface area contributed by atoms with Crippen LogP contribution in [0.5, 0.6) is 11.5 Å². The summed E-state index contributed by atoms with van der Waals surface area (Å²) in [5.41, 5.74) is 0.367. The lowest BCUT2D eigenvalue weighted by Crippen LogP contribution is -2.51. The van der Waals surface area contributed by atoms with Crippen LogP contribution in [-0.2, 0) is 0 Å². The van der Waals surface area contributed by atoms with Crippen LogP contribution >= 0.6 is 15.9 Å². The van der Waals surface area contributed by atoms with Gasteiger partial charge < -0.3 is 14.8 Å². The molecular formula is C16H22BrNO3. The molecule has 1 aromatic carbocycles. The normalized spacial score (nSPS) is 17.1. The van der Waals surface area contributed by atoms with Crippen LogP contribution in [-0.4, -0.2) is 31.0 Å². The number of rotatable bonds is 5. The first-order valence-electron chi connectivity index (χ1n) is 7.25. The molecule has 0 bridgehead atoms. The predicted octanol–water partition coefficient (Wildman–Crippen LogP) is 3.53. The van der Waals surface area contributed by atoms with Gasteiger partial charge in [-0.1, -0.05) is 41.3 Å². The van der Waals surface area contributed by atoms with Crippen molar-refractivity contribution in [2.75, 3.05) is 19.5 Å². The van der Waals surface area contributed by atoms with Crippen molar-refractivity contribution in [1.82, 2.24) is 5.32 Å². The van der Waals surface area contributed by atoms with Crippen molar-refractivity contribution in [2.45, 2.75) is 37.6 Å². The van der Waals surface area contributed by atoms with E-state index in [1.165, 1.54) is 6.42 Å². The van der Waals surface area contributed by atoms with Crippen LogP contribution in [0.15, 0.2) is 18.2 Å². The van der Waals surface area contributed by atoms with Crippen molar-refractivity contribution in [1.29, 1.82) is 0 Å². The van der Waals surface area contributed by atoms with Crippen molar-refractivity contribution in [3.8, 4) is 11.5 Å². The highest BCUT2D eigenvalue weighted by Crippen LogP contribution is 2.33. The maximum Gasteiger partial charge on any atom is 0.255 e. The molecule has 1 aliphatic rings. The molecule has 1 saturated carbocycles. The van der Waals surface area contributed by atoms with Gasteiger partial charge in [0.25, 0.3) is 5.91 Å². The third kappa shape index (κ3) is 3.51. The maximum atomic E-state index is 12.7. The Morgan fingerprint density at radius 3 is 2.52 bits per heavy atom. The number of amides is 1. The van der Waals surface area contributed by atoms with E-state index in [-0.39, 0.29) is 11.4 Å². The Morgan fingerprint density at radius 1 is 1.24 bits per heavy atom. The van der Waals surface area contributed by atoms with E-state index in [1.54, 1.807) is 32.4 Å². The van der Waals surface area contributed by atoms with E-state index in [0.29, 0.717) is 17.1 Å².